The van der Waals surface area contributed by atoms with Gasteiger partial charge in [-0.15, -0.1) is 11.8 Å². The van der Waals surface area contributed by atoms with Crippen LogP contribution in [0.2, 0.25) is 0 Å². The number of carbonyl (C=O) groups is 1. The summed E-state index contributed by atoms with van der Waals surface area (Å²) in [5, 5.41) is 39.5. The number of rotatable bonds is 5. The fourth-order valence-corrected chi connectivity index (χ4v) is 4.58. The summed E-state index contributed by atoms with van der Waals surface area (Å²) in [4.78, 5) is 13.7. The van der Waals surface area contributed by atoms with Crippen LogP contribution in [0.4, 0.5) is 0 Å². The molecule has 1 amide bonds. The molecule has 3 aliphatic heterocycles. The zero-order valence-corrected chi connectivity index (χ0v) is 14.6. The van der Waals surface area contributed by atoms with E-state index in [1.165, 1.54) is 30.9 Å². The SMILES string of the molecule is CO[C@@H]1O[C@H](CN2C(=O)CS[C@@H]2C2O[C@@H](OC)[C@H](O)[C@@H]2O)[C@@H](O)[C@H]1O. The van der Waals surface area contributed by atoms with Crippen LogP contribution in [0.3, 0.4) is 0 Å². The highest BCUT2D eigenvalue weighted by Gasteiger charge is 2.52. The van der Waals surface area contributed by atoms with Crippen molar-refractivity contribution in [2.45, 2.75) is 54.6 Å². The van der Waals surface area contributed by atoms with Crippen LogP contribution >= 0.6 is 11.8 Å². The molecule has 4 N–H and O–H groups in total. The zero-order chi connectivity index (χ0) is 18.3. The maximum atomic E-state index is 12.3. The summed E-state index contributed by atoms with van der Waals surface area (Å²) >= 11 is 1.26. The Labute approximate surface area is 148 Å². The van der Waals surface area contributed by atoms with Crippen LogP contribution in [0.5, 0.6) is 0 Å². The lowest BCUT2D eigenvalue weighted by molar-refractivity contribution is -0.162. The number of thioether (sulfide) groups is 1. The van der Waals surface area contributed by atoms with Gasteiger partial charge in [0.25, 0.3) is 0 Å². The van der Waals surface area contributed by atoms with Gasteiger partial charge in [-0.2, -0.15) is 0 Å². The van der Waals surface area contributed by atoms with E-state index in [0.717, 1.165) is 0 Å². The monoisotopic (exact) mass is 381 g/mol. The van der Waals surface area contributed by atoms with Gasteiger partial charge in [0.15, 0.2) is 12.6 Å². The van der Waals surface area contributed by atoms with Gasteiger partial charge in [0.2, 0.25) is 5.91 Å². The van der Waals surface area contributed by atoms with E-state index in [1.807, 2.05) is 0 Å². The Bertz CT molecular complexity index is 497. The molecule has 3 aliphatic rings. The topological polar surface area (TPSA) is 138 Å². The molecule has 0 aromatic rings. The molecular formula is C14H23NO9S. The normalized spacial score (nSPS) is 47.8. The molecule has 3 heterocycles. The first kappa shape index (κ1) is 19.3. The molecule has 3 saturated heterocycles. The van der Waals surface area contributed by atoms with Gasteiger partial charge >= 0.3 is 0 Å². The Morgan fingerprint density at radius 1 is 1.04 bits per heavy atom. The van der Waals surface area contributed by atoms with E-state index in [-0.39, 0.29) is 18.2 Å². The number of amides is 1. The summed E-state index contributed by atoms with van der Waals surface area (Å²) in [5.41, 5.74) is 0. The van der Waals surface area contributed by atoms with Crippen LogP contribution in [-0.2, 0) is 23.7 Å². The van der Waals surface area contributed by atoms with Crippen LogP contribution in [0.1, 0.15) is 0 Å². The summed E-state index contributed by atoms with van der Waals surface area (Å²) in [6, 6.07) is 0. The molecule has 10 nitrogen and oxygen atoms in total. The largest absolute Gasteiger partial charge is 0.387 e. The molecule has 0 aliphatic carbocycles. The van der Waals surface area contributed by atoms with Gasteiger partial charge in [-0.3, -0.25) is 4.79 Å². The minimum atomic E-state index is -1.22. The third-order valence-corrected chi connectivity index (χ3v) is 5.98. The fourth-order valence-electron chi connectivity index (χ4n) is 3.31. The third-order valence-electron chi connectivity index (χ3n) is 4.70. The molecule has 11 heteroatoms. The number of methoxy groups -OCH3 is 2. The first-order valence-corrected chi connectivity index (χ1v) is 8.93. The van der Waals surface area contributed by atoms with Gasteiger partial charge in [0, 0.05) is 14.2 Å². The molecule has 144 valence electrons. The minimum Gasteiger partial charge on any atom is -0.387 e. The highest BCUT2D eigenvalue weighted by Crippen LogP contribution is 2.37. The average molecular weight is 381 g/mol. The minimum absolute atomic E-state index is 0.00505. The quantitative estimate of drug-likeness (QED) is 0.392. The molecule has 3 fully saturated rings. The van der Waals surface area contributed by atoms with Gasteiger partial charge in [0.05, 0.1) is 12.3 Å². The van der Waals surface area contributed by atoms with Gasteiger partial charge < -0.3 is 44.3 Å². The van der Waals surface area contributed by atoms with E-state index in [1.54, 1.807) is 0 Å². The molecule has 0 aromatic carbocycles. The third kappa shape index (κ3) is 3.40. The number of carbonyl (C=O) groups excluding carboxylic acids is 1. The van der Waals surface area contributed by atoms with Crippen molar-refractivity contribution in [2.24, 2.45) is 0 Å². The Morgan fingerprint density at radius 2 is 1.64 bits per heavy atom. The lowest BCUT2D eigenvalue weighted by Crippen LogP contribution is -2.50. The molecule has 3 rings (SSSR count). The van der Waals surface area contributed by atoms with E-state index < -0.39 is 54.6 Å². The van der Waals surface area contributed by atoms with Crippen LogP contribution in [0.15, 0.2) is 0 Å². The summed E-state index contributed by atoms with van der Waals surface area (Å²) in [5.74, 6) is -0.0448. The second-order valence-corrected chi connectivity index (χ2v) is 7.30. The van der Waals surface area contributed by atoms with Crippen molar-refractivity contribution < 1.29 is 44.2 Å². The number of aliphatic hydroxyl groups excluding tert-OH is 4. The maximum absolute atomic E-state index is 12.3. The van der Waals surface area contributed by atoms with Crippen molar-refractivity contribution >= 4 is 17.7 Å². The molecule has 0 bridgehead atoms. The van der Waals surface area contributed by atoms with Crippen LogP contribution in [-0.4, -0.2) is 112 Å². The Balaban J connectivity index is 1.71. The van der Waals surface area contributed by atoms with Crippen molar-refractivity contribution in [1.29, 1.82) is 0 Å². The molecule has 0 spiro atoms. The van der Waals surface area contributed by atoms with Crippen LogP contribution in [0, 0.1) is 0 Å². The molecular weight excluding hydrogens is 358 g/mol. The van der Waals surface area contributed by atoms with Gasteiger partial charge in [0.1, 0.15) is 42.0 Å². The van der Waals surface area contributed by atoms with E-state index in [9.17, 15) is 25.2 Å². The second-order valence-electron chi connectivity index (χ2n) is 6.19. The van der Waals surface area contributed by atoms with Crippen molar-refractivity contribution in [3.8, 4) is 0 Å². The van der Waals surface area contributed by atoms with Gasteiger partial charge in [-0.05, 0) is 0 Å². The molecule has 9 atom stereocenters. The predicted octanol–water partition coefficient (Wildman–Crippen LogP) is -2.93. The number of aliphatic hydroxyl groups is 4. The highest BCUT2D eigenvalue weighted by molar-refractivity contribution is 8.01. The average Bonchev–Trinajstić information content (AvgIpc) is 3.19. The second kappa shape index (κ2) is 7.62. The first-order valence-electron chi connectivity index (χ1n) is 7.89. The molecule has 1 unspecified atom stereocenters. The Morgan fingerprint density at radius 3 is 2.20 bits per heavy atom. The van der Waals surface area contributed by atoms with E-state index in [0.29, 0.717) is 0 Å². The smallest absolute Gasteiger partial charge is 0.233 e. The van der Waals surface area contributed by atoms with Crippen molar-refractivity contribution in [3.63, 3.8) is 0 Å². The summed E-state index contributed by atoms with van der Waals surface area (Å²) < 4.78 is 20.9. The Hall–Kier alpha value is -0.500. The predicted molar refractivity (Wildman–Crippen MR) is 83.3 cm³/mol. The van der Waals surface area contributed by atoms with Crippen LogP contribution in [0.25, 0.3) is 0 Å². The van der Waals surface area contributed by atoms with Crippen LogP contribution < -0.4 is 0 Å². The first-order chi connectivity index (χ1) is 11.9. The van der Waals surface area contributed by atoms with Gasteiger partial charge in [-0.1, -0.05) is 0 Å². The number of hydrogen-bond acceptors (Lipinski definition) is 10. The van der Waals surface area contributed by atoms with Crippen molar-refractivity contribution in [1.82, 2.24) is 4.90 Å². The van der Waals surface area contributed by atoms with Crippen molar-refractivity contribution in [2.75, 3.05) is 26.5 Å². The van der Waals surface area contributed by atoms with E-state index in [2.05, 4.69) is 0 Å². The number of ether oxygens (including phenoxy) is 4. The molecule has 25 heavy (non-hydrogen) atoms. The van der Waals surface area contributed by atoms with Gasteiger partial charge in [-0.25, -0.2) is 0 Å². The number of nitrogens with zero attached hydrogens (tertiary/aromatic N) is 1. The molecule has 0 saturated carbocycles. The zero-order valence-electron chi connectivity index (χ0n) is 13.8. The standard InChI is InChI=1S/C14H23NO9S/c1-21-13-9(19)7(17)5(23-13)3-15-6(16)4-25-12(15)11-8(18)10(20)14(22-2)24-11/h5,7-14,17-20H,3-4H2,1-2H3/t5-,7-,8+,9-,10-,11?,12-,13-,14-/m1/s1. The summed E-state index contributed by atoms with van der Waals surface area (Å²) in [6.07, 6.45) is -8.51. The lowest BCUT2D eigenvalue weighted by Gasteiger charge is -2.31. The summed E-state index contributed by atoms with van der Waals surface area (Å²) in [6.45, 7) is -0.00505. The van der Waals surface area contributed by atoms with E-state index >= 15 is 0 Å². The Kier molecular flexibility index (Phi) is 5.88. The number of hydrogen-bond donors (Lipinski definition) is 4. The van der Waals surface area contributed by atoms with Crippen molar-refractivity contribution in [3.05, 3.63) is 0 Å². The fraction of sp³-hybridized carbons (Fsp3) is 0.929. The summed E-state index contributed by atoms with van der Waals surface area (Å²) in [7, 11) is 2.69. The lowest BCUT2D eigenvalue weighted by atomic mass is 10.1. The molecule has 0 radical (unpaired) electrons. The highest BCUT2D eigenvalue weighted by atomic mass is 32.2. The van der Waals surface area contributed by atoms with E-state index in [4.69, 9.17) is 18.9 Å². The molecule has 0 aromatic heterocycles. The maximum Gasteiger partial charge on any atom is 0.233 e.